The van der Waals surface area contributed by atoms with Crippen LogP contribution in [-0.2, 0) is 4.79 Å². The number of carbonyl (C=O) groups excluding carboxylic acids is 1. The Morgan fingerprint density at radius 3 is 2.43 bits per heavy atom. The third-order valence-corrected chi connectivity index (χ3v) is 3.90. The first-order chi connectivity index (χ1) is 11.0. The lowest BCUT2D eigenvalue weighted by Crippen LogP contribution is -2.21. The van der Waals surface area contributed by atoms with Crippen LogP contribution in [0, 0.1) is 0 Å². The van der Waals surface area contributed by atoms with Crippen molar-refractivity contribution in [2.24, 2.45) is 0 Å². The molecule has 0 aromatic heterocycles. The van der Waals surface area contributed by atoms with Gasteiger partial charge >= 0.3 is 0 Å². The number of nitrogens with zero attached hydrogens (tertiary/aromatic N) is 1. The summed E-state index contributed by atoms with van der Waals surface area (Å²) in [6.45, 7) is 0. The quantitative estimate of drug-likeness (QED) is 0.545. The molecule has 0 fully saturated rings. The van der Waals surface area contributed by atoms with Crippen LogP contribution in [0.1, 0.15) is 0 Å². The summed E-state index contributed by atoms with van der Waals surface area (Å²) in [7, 11) is 3.66. The van der Waals surface area contributed by atoms with Gasteiger partial charge in [0.05, 0.1) is 5.69 Å². The Hall–Kier alpha value is -1.79. The zero-order valence-corrected chi connectivity index (χ0v) is 15.9. The third kappa shape index (κ3) is 5.41. The molecule has 1 amide bonds. The zero-order chi connectivity index (χ0) is 16.8. The van der Waals surface area contributed by atoms with Gasteiger partial charge in [0.25, 0.3) is 5.91 Å². The molecule has 0 aliphatic rings. The Labute approximate surface area is 152 Å². The SMILES string of the molecule is CN(C)/C=C(\Oc1ccccc1)C(=O)Nc1ccc(Br)cc1Br. The van der Waals surface area contributed by atoms with Gasteiger partial charge < -0.3 is 15.0 Å². The lowest BCUT2D eigenvalue weighted by atomic mass is 10.3. The molecule has 2 aromatic rings. The van der Waals surface area contributed by atoms with Crippen LogP contribution in [0.3, 0.4) is 0 Å². The Bertz CT molecular complexity index is 716. The Morgan fingerprint density at radius 1 is 1.13 bits per heavy atom. The maximum atomic E-state index is 12.5. The predicted molar refractivity (Wildman–Crippen MR) is 99.3 cm³/mol. The molecule has 0 atom stereocenters. The van der Waals surface area contributed by atoms with E-state index in [1.807, 2.05) is 50.5 Å². The van der Waals surface area contributed by atoms with E-state index < -0.39 is 0 Å². The highest BCUT2D eigenvalue weighted by Gasteiger charge is 2.14. The molecule has 120 valence electrons. The summed E-state index contributed by atoms with van der Waals surface area (Å²) < 4.78 is 7.41. The Morgan fingerprint density at radius 2 is 1.83 bits per heavy atom. The number of anilines is 1. The van der Waals surface area contributed by atoms with E-state index in [-0.39, 0.29) is 11.7 Å². The molecule has 0 radical (unpaired) electrons. The van der Waals surface area contributed by atoms with E-state index in [2.05, 4.69) is 37.2 Å². The Balaban J connectivity index is 2.20. The molecule has 4 nitrogen and oxygen atoms in total. The topological polar surface area (TPSA) is 41.6 Å². The van der Waals surface area contributed by atoms with Crippen molar-refractivity contribution >= 4 is 43.5 Å². The summed E-state index contributed by atoms with van der Waals surface area (Å²) in [5.41, 5.74) is 0.666. The number of para-hydroxylation sites is 1. The molecule has 0 saturated heterocycles. The minimum Gasteiger partial charge on any atom is -0.450 e. The van der Waals surface area contributed by atoms with E-state index in [0.717, 1.165) is 8.95 Å². The lowest BCUT2D eigenvalue weighted by Gasteiger charge is -2.14. The molecule has 0 unspecified atom stereocenters. The maximum Gasteiger partial charge on any atom is 0.292 e. The number of hydrogen-bond donors (Lipinski definition) is 1. The van der Waals surface area contributed by atoms with Gasteiger partial charge in [0, 0.05) is 29.2 Å². The number of amides is 1. The maximum absolute atomic E-state index is 12.5. The smallest absolute Gasteiger partial charge is 0.292 e. The van der Waals surface area contributed by atoms with Gasteiger partial charge in [0.2, 0.25) is 5.76 Å². The van der Waals surface area contributed by atoms with E-state index in [1.165, 1.54) is 0 Å². The van der Waals surface area contributed by atoms with Gasteiger partial charge in [-0.15, -0.1) is 0 Å². The molecular formula is C17H16Br2N2O2. The van der Waals surface area contributed by atoms with Crippen molar-refractivity contribution in [3.05, 3.63) is 69.4 Å². The number of benzene rings is 2. The van der Waals surface area contributed by atoms with Crippen molar-refractivity contribution in [3.63, 3.8) is 0 Å². The predicted octanol–water partition coefficient (Wildman–Crippen LogP) is 4.63. The number of ether oxygens (including phenoxy) is 1. The molecule has 6 heteroatoms. The minimum atomic E-state index is -0.328. The van der Waals surface area contributed by atoms with Gasteiger partial charge in [-0.05, 0) is 46.3 Å². The van der Waals surface area contributed by atoms with Crippen molar-refractivity contribution in [2.75, 3.05) is 19.4 Å². The van der Waals surface area contributed by atoms with Crippen LogP contribution in [0.4, 0.5) is 5.69 Å². The molecule has 0 aliphatic carbocycles. The molecule has 0 spiro atoms. The molecule has 0 saturated carbocycles. The normalized spacial score (nSPS) is 11.0. The van der Waals surface area contributed by atoms with Crippen LogP contribution in [0.15, 0.2) is 69.4 Å². The largest absolute Gasteiger partial charge is 0.450 e. The van der Waals surface area contributed by atoms with Crippen LogP contribution >= 0.6 is 31.9 Å². The first-order valence-corrected chi connectivity index (χ1v) is 8.42. The molecule has 2 rings (SSSR count). The van der Waals surface area contributed by atoms with E-state index in [1.54, 1.807) is 23.2 Å². The van der Waals surface area contributed by atoms with Crippen molar-refractivity contribution in [2.45, 2.75) is 0 Å². The standard InChI is InChI=1S/C17H16Br2N2O2/c1-21(2)11-16(23-13-6-4-3-5-7-13)17(22)20-15-9-8-12(18)10-14(15)19/h3-11H,1-2H3,(H,20,22)/b16-11-. The highest BCUT2D eigenvalue weighted by molar-refractivity contribution is 9.11. The fourth-order valence-electron chi connectivity index (χ4n) is 1.76. The minimum absolute atomic E-state index is 0.205. The van der Waals surface area contributed by atoms with Gasteiger partial charge in [0.15, 0.2) is 0 Å². The van der Waals surface area contributed by atoms with Crippen molar-refractivity contribution in [1.82, 2.24) is 4.90 Å². The van der Waals surface area contributed by atoms with Crippen LogP contribution in [0.2, 0.25) is 0 Å². The summed E-state index contributed by atoms with van der Waals surface area (Å²) in [5.74, 6) is 0.479. The van der Waals surface area contributed by atoms with Crippen LogP contribution in [0.25, 0.3) is 0 Å². The summed E-state index contributed by atoms with van der Waals surface area (Å²) >= 11 is 6.81. The monoisotopic (exact) mass is 438 g/mol. The lowest BCUT2D eigenvalue weighted by molar-refractivity contribution is -0.114. The van der Waals surface area contributed by atoms with E-state index in [0.29, 0.717) is 11.4 Å². The van der Waals surface area contributed by atoms with Gasteiger partial charge in [-0.3, -0.25) is 4.79 Å². The zero-order valence-electron chi connectivity index (χ0n) is 12.7. The molecule has 1 N–H and O–H groups in total. The molecule has 23 heavy (non-hydrogen) atoms. The fraction of sp³-hybridized carbons (Fsp3) is 0.118. The molecular weight excluding hydrogens is 424 g/mol. The number of carbonyl (C=O) groups is 1. The average molecular weight is 440 g/mol. The summed E-state index contributed by atoms with van der Waals surface area (Å²) in [5, 5.41) is 2.84. The first kappa shape index (κ1) is 17.6. The van der Waals surface area contributed by atoms with Crippen molar-refractivity contribution in [1.29, 1.82) is 0 Å². The highest BCUT2D eigenvalue weighted by Crippen LogP contribution is 2.26. The number of hydrogen-bond acceptors (Lipinski definition) is 3. The van der Waals surface area contributed by atoms with E-state index in [9.17, 15) is 4.79 Å². The number of nitrogens with one attached hydrogen (secondary N) is 1. The number of rotatable bonds is 5. The fourth-order valence-corrected chi connectivity index (χ4v) is 2.90. The van der Waals surface area contributed by atoms with Crippen LogP contribution in [-0.4, -0.2) is 24.9 Å². The van der Waals surface area contributed by atoms with Crippen molar-refractivity contribution < 1.29 is 9.53 Å². The highest BCUT2D eigenvalue weighted by atomic mass is 79.9. The van der Waals surface area contributed by atoms with E-state index in [4.69, 9.17) is 4.74 Å². The molecule has 0 bridgehead atoms. The van der Waals surface area contributed by atoms with Gasteiger partial charge in [-0.1, -0.05) is 34.1 Å². The molecule has 2 aromatic carbocycles. The average Bonchev–Trinajstić information content (AvgIpc) is 2.50. The van der Waals surface area contributed by atoms with Gasteiger partial charge in [-0.25, -0.2) is 0 Å². The third-order valence-electron chi connectivity index (χ3n) is 2.75. The van der Waals surface area contributed by atoms with Crippen LogP contribution in [0.5, 0.6) is 5.75 Å². The second kappa shape index (κ2) is 8.17. The van der Waals surface area contributed by atoms with Gasteiger partial charge in [-0.2, -0.15) is 0 Å². The summed E-state index contributed by atoms with van der Waals surface area (Å²) in [6, 6.07) is 14.7. The summed E-state index contributed by atoms with van der Waals surface area (Å²) in [4.78, 5) is 14.3. The second-order valence-electron chi connectivity index (χ2n) is 4.95. The van der Waals surface area contributed by atoms with Crippen molar-refractivity contribution in [3.8, 4) is 5.75 Å². The first-order valence-electron chi connectivity index (χ1n) is 6.83. The number of halogens is 2. The molecule has 0 aliphatic heterocycles. The van der Waals surface area contributed by atoms with Gasteiger partial charge in [0.1, 0.15) is 5.75 Å². The van der Waals surface area contributed by atoms with Crippen LogP contribution < -0.4 is 10.1 Å². The second-order valence-corrected chi connectivity index (χ2v) is 6.72. The van der Waals surface area contributed by atoms with E-state index >= 15 is 0 Å². The Kier molecular flexibility index (Phi) is 6.24. The summed E-state index contributed by atoms with van der Waals surface area (Å²) in [6.07, 6.45) is 1.63. The molecule has 0 heterocycles.